The summed E-state index contributed by atoms with van der Waals surface area (Å²) in [6.45, 7) is 6.24. The molecule has 0 saturated carbocycles. The van der Waals surface area contributed by atoms with Gasteiger partial charge in [0.25, 0.3) is 0 Å². The van der Waals surface area contributed by atoms with Gasteiger partial charge in [0.2, 0.25) is 0 Å². The number of carbonyl (C=O) groups excluding carboxylic acids is 1. The molecule has 0 spiro atoms. The Morgan fingerprint density at radius 2 is 1.92 bits per heavy atom. The monoisotopic (exact) mass is 186 g/mol. The van der Waals surface area contributed by atoms with Crippen LogP contribution in [0.15, 0.2) is 0 Å². The molecule has 3 heteroatoms. The molecule has 1 saturated heterocycles. The lowest BCUT2D eigenvalue weighted by Gasteiger charge is -2.16. The largest absolute Gasteiger partial charge is 0.377 e. The summed E-state index contributed by atoms with van der Waals surface area (Å²) in [5.41, 5.74) is 0. The van der Waals surface area contributed by atoms with E-state index in [0.29, 0.717) is 5.92 Å². The average Bonchev–Trinajstić information content (AvgIpc) is 2.27. The van der Waals surface area contributed by atoms with Crippen LogP contribution in [0.4, 0.5) is 0 Å². The highest BCUT2D eigenvalue weighted by Crippen LogP contribution is 2.32. The number of rotatable bonds is 3. The topological polar surface area (TPSA) is 35.5 Å². The minimum atomic E-state index is 0.00921. The predicted octanol–water partition coefficient (Wildman–Crippen LogP) is 1.26. The van der Waals surface area contributed by atoms with Gasteiger partial charge in [-0.1, -0.05) is 6.92 Å². The van der Waals surface area contributed by atoms with Gasteiger partial charge < -0.3 is 9.47 Å². The van der Waals surface area contributed by atoms with Crippen LogP contribution in [0.5, 0.6) is 0 Å². The summed E-state index contributed by atoms with van der Waals surface area (Å²) in [6, 6.07) is 0. The first-order chi connectivity index (χ1) is 6.07. The van der Waals surface area contributed by atoms with Crippen molar-refractivity contribution in [2.24, 2.45) is 11.8 Å². The number of Topliss-reactive ketones (excluding diaryl/α,β-unsaturated/α-hetero) is 1. The number of hydrogen-bond donors (Lipinski definition) is 0. The van der Waals surface area contributed by atoms with Crippen molar-refractivity contribution in [3.8, 4) is 0 Å². The molecule has 1 aliphatic rings. The quantitative estimate of drug-likeness (QED) is 0.665. The molecule has 13 heavy (non-hydrogen) atoms. The minimum absolute atomic E-state index is 0.00921. The van der Waals surface area contributed by atoms with Crippen molar-refractivity contribution in [1.82, 2.24) is 0 Å². The van der Waals surface area contributed by atoms with E-state index >= 15 is 0 Å². The Kier molecular flexibility index (Phi) is 3.45. The fraction of sp³-hybridized carbons (Fsp3) is 0.900. The molecule has 0 amide bonds. The van der Waals surface area contributed by atoms with Gasteiger partial charge in [0.05, 0.1) is 18.1 Å². The molecule has 1 aliphatic heterocycles. The summed E-state index contributed by atoms with van der Waals surface area (Å²) >= 11 is 0. The highest BCUT2D eigenvalue weighted by Gasteiger charge is 2.40. The lowest BCUT2D eigenvalue weighted by atomic mass is 9.86. The smallest absolute Gasteiger partial charge is 0.164 e. The molecule has 1 rings (SSSR count). The first-order valence-electron chi connectivity index (χ1n) is 4.75. The van der Waals surface area contributed by atoms with E-state index in [1.165, 1.54) is 0 Å². The number of ketones is 1. The number of methoxy groups -OCH3 is 1. The van der Waals surface area contributed by atoms with Crippen molar-refractivity contribution in [2.75, 3.05) is 13.7 Å². The zero-order chi connectivity index (χ0) is 10.0. The van der Waals surface area contributed by atoms with Crippen LogP contribution in [0.25, 0.3) is 0 Å². The third-order valence-corrected chi connectivity index (χ3v) is 2.90. The summed E-state index contributed by atoms with van der Waals surface area (Å²) in [6.07, 6.45) is 0.216. The van der Waals surface area contributed by atoms with E-state index in [0.717, 1.165) is 0 Å². The standard InChI is InChI=1S/C10H18O3/c1-6-7(2)13-8(3)10(6)9(11)5-12-4/h6-8,10H,5H2,1-4H3. The highest BCUT2D eigenvalue weighted by atomic mass is 16.5. The molecular weight excluding hydrogens is 168 g/mol. The van der Waals surface area contributed by atoms with E-state index in [4.69, 9.17) is 9.47 Å². The van der Waals surface area contributed by atoms with E-state index in [1.807, 2.05) is 13.8 Å². The first kappa shape index (κ1) is 10.7. The molecule has 3 nitrogen and oxygen atoms in total. The second kappa shape index (κ2) is 4.20. The zero-order valence-corrected chi connectivity index (χ0v) is 8.74. The first-order valence-corrected chi connectivity index (χ1v) is 4.75. The van der Waals surface area contributed by atoms with E-state index < -0.39 is 0 Å². The molecule has 0 aromatic heterocycles. The fourth-order valence-corrected chi connectivity index (χ4v) is 2.06. The SMILES string of the molecule is COCC(=O)C1C(C)OC(C)C1C. The van der Waals surface area contributed by atoms with Crippen molar-refractivity contribution < 1.29 is 14.3 Å². The van der Waals surface area contributed by atoms with Gasteiger partial charge in [-0.3, -0.25) is 4.79 Å². The molecule has 0 N–H and O–H groups in total. The van der Waals surface area contributed by atoms with Crippen molar-refractivity contribution in [3.05, 3.63) is 0 Å². The van der Waals surface area contributed by atoms with Gasteiger partial charge in [0.15, 0.2) is 5.78 Å². The zero-order valence-electron chi connectivity index (χ0n) is 8.74. The van der Waals surface area contributed by atoms with Crippen molar-refractivity contribution in [2.45, 2.75) is 33.0 Å². The lowest BCUT2D eigenvalue weighted by Crippen LogP contribution is -2.29. The van der Waals surface area contributed by atoms with Gasteiger partial charge in [0.1, 0.15) is 6.61 Å². The molecule has 0 bridgehead atoms. The Morgan fingerprint density at radius 1 is 1.31 bits per heavy atom. The molecule has 0 radical (unpaired) electrons. The van der Waals surface area contributed by atoms with Gasteiger partial charge in [0, 0.05) is 7.11 Å². The molecule has 0 aliphatic carbocycles. The normalized spacial score (nSPS) is 39.4. The second-order valence-corrected chi connectivity index (χ2v) is 3.83. The van der Waals surface area contributed by atoms with Crippen LogP contribution >= 0.6 is 0 Å². The van der Waals surface area contributed by atoms with Crippen molar-refractivity contribution in [3.63, 3.8) is 0 Å². The van der Waals surface area contributed by atoms with E-state index in [1.54, 1.807) is 7.11 Å². The molecule has 4 atom stereocenters. The van der Waals surface area contributed by atoms with Crippen molar-refractivity contribution in [1.29, 1.82) is 0 Å². The van der Waals surface area contributed by atoms with Gasteiger partial charge in [-0.25, -0.2) is 0 Å². The van der Waals surface area contributed by atoms with Crippen LogP contribution in [0, 0.1) is 11.8 Å². The number of hydrogen-bond acceptors (Lipinski definition) is 3. The van der Waals surface area contributed by atoms with Gasteiger partial charge in [-0.15, -0.1) is 0 Å². The Morgan fingerprint density at radius 3 is 2.31 bits per heavy atom. The fourth-order valence-electron chi connectivity index (χ4n) is 2.06. The van der Waals surface area contributed by atoms with E-state index in [2.05, 4.69) is 6.92 Å². The van der Waals surface area contributed by atoms with Crippen LogP contribution < -0.4 is 0 Å². The molecule has 1 fully saturated rings. The number of carbonyl (C=O) groups is 1. The predicted molar refractivity (Wildman–Crippen MR) is 49.5 cm³/mol. The summed E-state index contributed by atoms with van der Waals surface area (Å²) in [5.74, 6) is 0.472. The maximum Gasteiger partial charge on any atom is 0.164 e. The summed E-state index contributed by atoms with van der Waals surface area (Å²) in [5, 5.41) is 0. The Hall–Kier alpha value is -0.410. The Bertz CT molecular complexity index is 191. The van der Waals surface area contributed by atoms with E-state index in [9.17, 15) is 4.79 Å². The van der Waals surface area contributed by atoms with E-state index in [-0.39, 0.29) is 30.5 Å². The molecule has 0 aromatic carbocycles. The van der Waals surface area contributed by atoms with Crippen LogP contribution in [-0.4, -0.2) is 31.7 Å². The van der Waals surface area contributed by atoms with Crippen LogP contribution in [0.1, 0.15) is 20.8 Å². The summed E-state index contributed by atoms with van der Waals surface area (Å²) in [4.78, 5) is 11.6. The van der Waals surface area contributed by atoms with Crippen LogP contribution in [-0.2, 0) is 14.3 Å². The minimum Gasteiger partial charge on any atom is -0.377 e. The maximum absolute atomic E-state index is 11.6. The molecule has 0 aromatic rings. The second-order valence-electron chi connectivity index (χ2n) is 3.83. The molecule has 76 valence electrons. The highest BCUT2D eigenvalue weighted by molar-refractivity contribution is 5.83. The van der Waals surface area contributed by atoms with Crippen LogP contribution in [0.2, 0.25) is 0 Å². The third kappa shape index (κ3) is 2.09. The third-order valence-electron chi connectivity index (χ3n) is 2.90. The van der Waals surface area contributed by atoms with Crippen molar-refractivity contribution >= 4 is 5.78 Å². The van der Waals surface area contributed by atoms with Gasteiger partial charge in [-0.2, -0.15) is 0 Å². The summed E-state index contributed by atoms with van der Waals surface area (Å²) < 4.78 is 10.4. The van der Waals surface area contributed by atoms with Gasteiger partial charge >= 0.3 is 0 Å². The van der Waals surface area contributed by atoms with Gasteiger partial charge in [-0.05, 0) is 19.8 Å². The van der Waals surface area contributed by atoms with Crippen LogP contribution in [0.3, 0.4) is 0 Å². The maximum atomic E-state index is 11.6. The molecule has 1 heterocycles. The lowest BCUT2D eigenvalue weighted by molar-refractivity contribution is -0.128. The Labute approximate surface area is 79.4 Å². The molecular formula is C10H18O3. The number of ether oxygens (including phenoxy) is 2. The molecule has 4 unspecified atom stereocenters. The average molecular weight is 186 g/mol. The summed E-state index contributed by atoms with van der Waals surface area (Å²) in [7, 11) is 1.55. The Balaban J connectivity index is 2.62.